The van der Waals surface area contributed by atoms with Crippen LogP contribution >= 0.6 is 0 Å². The minimum Gasteiger partial charge on any atom is -0.451 e. The Morgan fingerprint density at radius 1 is 0.963 bits per heavy atom. The number of ether oxygens (including phenoxy) is 2. The highest BCUT2D eigenvalue weighted by molar-refractivity contribution is 5.85. The van der Waals surface area contributed by atoms with Crippen molar-refractivity contribution in [3.8, 4) is 0 Å². The van der Waals surface area contributed by atoms with Crippen LogP contribution in [0.25, 0.3) is 0 Å². The molecule has 3 N–H and O–H groups in total. The monoisotopic (exact) mass is 370 g/mol. The lowest BCUT2D eigenvalue weighted by molar-refractivity contribution is -0.155. The Labute approximate surface area is 157 Å². The zero-order valence-corrected chi connectivity index (χ0v) is 15.0. The first kappa shape index (κ1) is 20.0. The number of rotatable bonds is 8. The van der Waals surface area contributed by atoms with Gasteiger partial charge in [0.05, 0.1) is 0 Å². The van der Waals surface area contributed by atoms with Gasteiger partial charge in [-0.3, -0.25) is 4.79 Å². The van der Waals surface area contributed by atoms with Crippen molar-refractivity contribution < 1.29 is 23.9 Å². The third kappa shape index (κ3) is 6.81. The van der Waals surface area contributed by atoms with Gasteiger partial charge in [0.1, 0.15) is 12.6 Å². The number of alkyl carbamates (subject to hydrolysis) is 1. The van der Waals surface area contributed by atoms with Gasteiger partial charge in [0, 0.05) is 6.42 Å². The van der Waals surface area contributed by atoms with Crippen LogP contribution in [0.2, 0.25) is 0 Å². The van der Waals surface area contributed by atoms with Crippen molar-refractivity contribution in [3.05, 3.63) is 71.8 Å². The van der Waals surface area contributed by atoms with E-state index in [-0.39, 0.29) is 13.0 Å². The number of benzene rings is 2. The highest BCUT2D eigenvalue weighted by Gasteiger charge is 2.26. The molecular formula is C20H22N2O5. The van der Waals surface area contributed by atoms with Crippen molar-refractivity contribution >= 4 is 18.0 Å². The van der Waals surface area contributed by atoms with Crippen LogP contribution in [0.15, 0.2) is 60.7 Å². The lowest BCUT2D eigenvalue weighted by atomic mass is 10.1. The molecule has 0 aliphatic carbocycles. The van der Waals surface area contributed by atoms with Gasteiger partial charge in [0.2, 0.25) is 0 Å². The Hall–Kier alpha value is -3.35. The molecule has 0 heterocycles. The van der Waals surface area contributed by atoms with Gasteiger partial charge in [-0.25, -0.2) is 9.59 Å². The molecule has 0 unspecified atom stereocenters. The van der Waals surface area contributed by atoms with Crippen LogP contribution in [-0.2, 0) is 32.1 Å². The predicted molar refractivity (Wildman–Crippen MR) is 98.4 cm³/mol. The fourth-order valence-corrected chi connectivity index (χ4v) is 2.26. The van der Waals surface area contributed by atoms with E-state index in [4.69, 9.17) is 15.2 Å². The SMILES string of the molecule is C[C@H](OC(=O)[C@H](Cc1ccccc1)NC(=O)OCc1ccccc1)C(N)=O. The van der Waals surface area contributed by atoms with Gasteiger partial charge in [0.25, 0.3) is 5.91 Å². The molecule has 7 nitrogen and oxygen atoms in total. The second-order valence-electron chi connectivity index (χ2n) is 5.93. The summed E-state index contributed by atoms with van der Waals surface area (Å²) in [6.45, 7) is 1.44. The summed E-state index contributed by atoms with van der Waals surface area (Å²) in [5.74, 6) is -1.53. The third-order valence-corrected chi connectivity index (χ3v) is 3.77. The standard InChI is InChI=1S/C20H22N2O5/c1-14(18(21)23)27-19(24)17(12-15-8-4-2-5-9-15)22-20(25)26-13-16-10-6-3-7-11-16/h2-11,14,17H,12-13H2,1H3,(H2,21,23)(H,22,25)/t14-,17-/m0/s1. The maximum absolute atomic E-state index is 12.4. The quantitative estimate of drug-likeness (QED) is 0.691. The number of hydrogen-bond acceptors (Lipinski definition) is 5. The number of carbonyl (C=O) groups excluding carboxylic acids is 3. The second kappa shape index (κ2) is 9.96. The Balaban J connectivity index is 2.00. The number of amides is 2. The van der Waals surface area contributed by atoms with Crippen molar-refractivity contribution in [2.24, 2.45) is 5.73 Å². The molecule has 2 amide bonds. The van der Waals surface area contributed by atoms with Gasteiger partial charge in [-0.05, 0) is 18.1 Å². The van der Waals surface area contributed by atoms with Crippen LogP contribution in [0.3, 0.4) is 0 Å². The van der Waals surface area contributed by atoms with Crippen LogP contribution in [0.1, 0.15) is 18.1 Å². The summed E-state index contributed by atoms with van der Waals surface area (Å²) in [4.78, 5) is 35.6. The summed E-state index contributed by atoms with van der Waals surface area (Å²) >= 11 is 0. The molecule has 2 aromatic carbocycles. The van der Waals surface area contributed by atoms with Crippen LogP contribution < -0.4 is 11.1 Å². The molecule has 0 aromatic heterocycles. The molecule has 2 atom stereocenters. The van der Waals surface area contributed by atoms with Gasteiger partial charge >= 0.3 is 12.1 Å². The first-order chi connectivity index (χ1) is 13.0. The fraction of sp³-hybridized carbons (Fsp3) is 0.250. The van der Waals surface area contributed by atoms with Crippen LogP contribution in [0.4, 0.5) is 4.79 Å². The molecule has 7 heteroatoms. The summed E-state index contributed by atoms with van der Waals surface area (Å²) < 4.78 is 10.2. The van der Waals surface area contributed by atoms with Crippen molar-refractivity contribution in [1.29, 1.82) is 0 Å². The van der Waals surface area contributed by atoms with Crippen LogP contribution in [-0.4, -0.2) is 30.1 Å². The van der Waals surface area contributed by atoms with Gasteiger partial charge in [-0.2, -0.15) is 0 Å². The van der Waals surface area contributed by atoms with E-state index in [9.17, 15) is 14.4 Å². The zero-order valence-electron chi connectivity index (χ0n) is 15.0. The molecule has 142 valence electrons. The zero-order chi connectivity index (χ0) is 19.6. The maximum Gasteiger partial charge on any atom is 0.408 e. The van der Waals surface area contributed by atoms with Crippen molar-refractivity contribution in [3.63, 3.8) is 0 Å². The Kier molecular flexibility index (Phi) is 7.37. The normalized spacial score (nSPS) is 12.5. The first-order valence-electron chi connectivity index (χ1n) is 8.46. The number of esters is 1. The van der Waals surface area contributed by atoms with Crippen molar-refractivity contribution in [2.75, 3.05) is 0 Å². The van der Waals surface area contributed by atoms with Gasteiger partial charge in [-0.15, -0.1) is 0 Å². The smallest absolute Gasteiger partial charge is 0.408 e. The van der Waals surface area contributed by atoms with Crippen LogP contribution in [0, 0.1) is 0 Å². The molecule has 27 heavy (non-hydrogen) atoms. The van der Waals surface area contributed by atoms with E-state index in [1.54, 1.807) is 0 Å². The number of carbonyl (C=O) groups is 3. The summed E-state index contributed by atoms with van der Waals surface area (Å²) in [5.41, 5.74) is 6.75. The van der Waals surface area contributed by atoms with E-state index in [0.29, 0.717) is 0 Å². The first-order valence-corrected chi connectivity index (χ1v) is 8.46. The summed E-state index contributed by atoms with van der Waals surface area (Å²) in [6.07, 6.45) is -1.67. The topological polar surface area (TPSA) is 108 Å². The Morgan fingerprint density at radius 3 is 2.07 bits per heavy atom. The van der Waals surface area contributed by atoms with Gasteiger partial charge < -0.3 is 20.5 Å². The van der Waals surface area contributed by atoms with E-state index >= 15 is 0 Å². The largest absolute Gasteiger partial charge is 0.451 e. The van der Waals surface area contributed by atoms with Crippen molar-refractivity contribution in [2.45, 2.75) is 32.1 Å². The summed E-state index contributed by atoms with van der Waals surface area (Å²) in [6, 6.07) is 17.2. The molecule has 0 bridgehead atoms. The molecule has 0 fully saturated rings. The van der Waals surface area contributed by atoms with E-state index in [2.05, 4.69) is 5.32 Å². The minimum absolute atomic E-state index is 0.0669. The Morgan fingerprint density at radius 2 is 1.52 bits per heavy atom. The number of nitrogens with one attached hydrogen (secondary N) is 1. The third-order valence-electron chi connectivity index (χ3n) is 3.77. The molecule has 2 aromatic rings. The van der Waals surface area contributed by atoms with E-state index in [1.807, 2.05) is 60.7 Å². The predicted octanol–water partition coefficient (Wildman–Crippen LogP) is 1.94. The van der Waals surface area contributed by atoms with Crippen molar-refractivity contribution in [1.82, 2.24) is 5.32 Å². The fourth-order valence-electron chi connectivity index (χ4n) is 2.26. The molecule has 0 aliphatic rings. The average molecular weight is 370 g/mol. The number of primary amides is 1. The molecule has 0 radical (unpaired) electrons. The highest BCUT2D eigenvalue weighted by atomic mass is 16.6. The molecule has 0 spiro atoms. The maximum atomic E-state index is 12.4. The van der Waals surface area contributed by atoms with E-state index in [0.717, 1.165) is 11.1 Å². The molecular weight excluding hydrogens is 348 g/mol. The number of hydrogen-bond donors (Lipinski definition) is 2. The summed E-state index contributed by atoms with van der Waals surface area (Å²) in [5, 5.41) is 2.49. The van der Waals surface area contributed by atoms with E-state index in [1.165, 1.54) is 6.92 Å². The van der Waals surface area contributed by atoms with E-state index < -0.39 is 30.1 Å². The summed E-state index contributed by atoms with van der Waals surface area (Å²) in [7, 11) is 0. The molecule has 2 rings (SSSR count). The number of nitrogens with two attached hydrogens (primary N) is 1. The van der Waals surface area contributed by atoms with Gasteiger partial charge in [-0.1, -0.05) is 60.7 Å². The average Bonchev–Trinajstić information content (AvgIpc) is 2.67. The molecule has 0 aliphatic heterocycles. The highest BCUT2D eigenvalue weighted by Crippen LogP contribution is 2.07. The van der Waals surface area contributed by atoms with Gasteiger partial charge in [0.15, 0.2) is 6.10 Å². The van der Waals surface area contributed by atoms with Crippen LogP contribution in [0.5, 0.6) is 0 Å². The lowest BCUT2D eigenvalue weighted by Gasteiger charge is -2.19. The minimum atomic E-state index is -1.10. The second-order valence-corrected chi connectivity index (χ2v) is 5.93. The lowest BCUT2D eigenvalue weighted by Crippen LogP contribution is -2.45. The Bertz CT molecular complexity index is 764. The molecule has 0 saturated heterocycles. The molecule has 0 saturated carbocycles.